The Morgan fingerprint density at radius 3 is 2.68 bits per heavy atom. The van der Waals surface area contributed by atoms with E-state index in [9.17, 15) is 4.79 Å². The van der Waals surface area contributed by atoms with Gasteiger partial charge in [-0.25, -0.2) is 0 Å². The number of carbonyl (C=O) groups is 1. The van der Waals surface area contributed by atoms with Crippen LogP contribution in [0.5, 0.6) is 0 Å². The molecule has 2 fully saturated rings. The maximum atomic E-state index is 12.2. The van der Waals surface area contributed by atoms with E-state index in [0.717, 1.165) is 44.1 Å². The maximum absolute atomic E-state index is 12.2. The van der Waals surface area contributed by atoms with Gasteiger partial charge in [0.05, 0.1) is 0 Å². The van der Waals surface area contributed by atoms with Crippen molar-refractivity contribution in [3.63, 3.8) is 0 Å². The molecule has 0 saturated heterocycles. The Kier molecular flexibility index (Phi) is 6.18. The lowest BCUT2D eigenvalue weighted by atomic mass is 9.67. The van der Waals surface area contributed by atoms with E-state index in [1.165, 1.54) is 32.1 Å². The summed E-state index contributed by atoms with van der Waals surface area (Å²) in [5.74, 6) is 2.42. The molecule has 2 rings (SSSR count). The fraction of sp³-hybridized carbons (Fsp3) is 0.938. The van der Waals surface area contributed by atoms with Gasteiger partial charge in [-0.1, -0.05) is 48.5 Å². The standard InChI is InChI=1S/C16H28BrNO/c1-12(17)5-4-10-18-16(19)15-9-8-13-6-2-3-7-14(13)11-15/h12-15H,2-11H2,1H3,(H,18,19). The van der Waals surface area contributed by atoms with Crippen molar-refractivity contribution in [1.29, 1.82) is 0 Å². The lowest BCUT2D eigenvalue weighted by Crippen LogP contribution is -2.37. The first-order chi connectivity index (χ1) is 9.16. The molecule has 2 saturated carbocycles. The Morgan fingerprint density at radius 1 is 1.21 bits per heavy atom. The van der Waals surface area contributed by atoms with Crippen LogP contribution in [0.3, 0.4) is 0 Å². The van der Waals surface area contributed by atoms with Gasteiger partial charge < -0.3 is 5.32 Å². The van der Waals surface area contributed by atoms with Gasteiger partial charge in [-0.15, -0.1) is 0 Å². The van der Waals surface area contributed by atoms with Crippen molar-refractivity contribution in [2.75, 3.05) is 6.54 Å². The van der Waals surface area contributed by atoms with Gasteiger partial charge in [-0.05, 0) is 43.9 Å². The molecule has 0 aromatic rings. The molecule has 0 radical (unpaired) electrons. The predicted octanol–water partition coefficient (Wildman–Crippen LogP) is 4.27. The van der Waals surface area contributed by atoms with Gasteiger partial charge in [0.25, 0.3) is 0 Å². The molecule has 0 heterocycles. The maximum Gasteiger partial charge on any atom is 0.223 e. The number of hydrogen-bond acceptors (Lipinski definition) is 1. The lowest BCUT2D eigenvalue weighted by Gasteiger charge is -2.38. The molecule has 2 aliphatic carbocycles. The highest BCUT2D eigenvalue weighted by Gasteiger charge is 2.34. The van der Waals surface area contributed by atoms with Gasteiger partial charge in [0, 0.05) is 17.3 Å². The molecular weight excluding hydrogens is 302 g/mol. The highest BCUT2D eigenvalue weighted by atomic mass is 79.9. The van der Waals surface area contributed by atoms with Gasteiger partial charge in [-0.3, -0.25) is 4.79 Å². The fourth-order valence-corrected chi connectivity index (χ4v) is 4.17. The van der Waals surface area contributed by atoms with Crippen LogP contribution in [-0.4, -0.2) is 17.3 Å². The van der Waals surface area contributed by atoms with Crippen LogP contribution in [0.15, 0.2) is 0 Å². The molecule has 1 amide bonds. The Balaban J connectivity index is 1.68. The Labute approximate surface area is 126 Å². The quantitative estimate of drug-likeness (QED) is 0.592. The van der Waals surface area contributed by atoms with Crippen LogP contribution < -0.4 is 5.32 Å². The van der Waals surface area contributed by atoms with Gasteiger partial charge >= 0.3 is 0 Å². The molecule has 0 spiro atoms. The Bertz CT molecular complexity index is 292. The van der Waals surface area contributed by atoms with Crippen LogP contribution in [0.1, 0.15) is 64.7 Å². The molecule has 0 aromatic carbocycles. The van der Waals surface area contributed by atoms with Gasteiger partial charge in [0.2, 0.25) is 5.91 Å². The largest absolute Gasteiger partial charge is 0.356 e. The van der Waals surface area contributed by atoms with E-state index in [1.54, 1.807) is 0 Å². The van der Waals surface area contributed by atoms with Gasteiger partial charge in [-0.2, -0.15) is 0 Å². The summed E-state index contributed by atoms with van der Waals surface area (Å²) in [6.45, 7) is 3.01. The summed E-state index contributed by atoms with van der Waals surface area (Å²) in [6.07, 6.45) is 11.4. The van der Waals surface area contributed by atoms with Crippen LogP contribution in [-0.2, 0) is 4.79 Å². The van der Waals surface area contributed by atoms with Crippen LogP contribution in [0, 0.1) is 17.8 Å². The average Bonchev–Trinajstić information content (AvgIpc) is 2.42. The molecule has 2 nitrogen and oxygen atoms in total. The number of nitrogens with one attached hydrogen (secondary N) is 1. The molecule has 4 unspecified atom stereocenters. The second kappa shape index (κ2) is 7.66. The molecule has 1 N–H and O–H groups in total. The van der Waals surface area contributed by atoms with Crippen molar-refractivity contribution in [2.24, 2.45) is 17.8 Å². The molecule has 0 bridgehead atoms. The van der Waals surface area contributed by atoms with Crippen molar-refractivity contribution in [3.8, 4) is 0 Å². The third-order valence-electron chi connectivity index (χ3n) is 4.99. The molecular formula is C16H28BrNO. The van der Waals surface area contributed by atoms with E-state index >= 15 is 0 Å². The van der Waals surface area contributed by atoms with Crippen molar-refractivity contribution >= 4 is 21.8 Å². The van der Waals surface area contributed by atoms with Crippen molar-refractivity contribution in [2.45, 2.75) is 69.5 Å². The topological polar surface area (TPSA) is 29.1 Å². The second-order valence-electron chi connectivity index (χ2n) is 6.53. The molecule has 19 heavy (non-hydrogen) atoms. The number of rotatable bonds is 5. The SMILES string of the molecule is CC(Br)CCCNC(=O)C1CCC2CCCCC2C1. The van der Waals surface area contributed by atoms with Crippen LogP contribution in [0.25, 0.3) is 0 Å². The zero-order valence-electron chi connectivity index (χ0n) is 12.2. The van der Waals surface area contributed by atoms with E-state index in [4.69, 9.17) is 0 Å². The molecule has 110 valence electrons. The lowest BCUT2D eigenvalue weighted by molar-refractivity contribution is -0.127. The predicted molar refractivity (Wildman–Crippen MR) is 83.4 cm³/mol. The first-order valence-corrected chi connectivity index (χ1v) is 9.00. The molecule has 0 aliphatic heterocycles. The Morgan fingerprint density at radius 2 is 1.95 bits per heavy atom. The minimum Gasteiger partial charge on any atom is -0.356 e. The zero-order chi connectivity index (χ0) is 13.7. The highest BCUT2D eigenvalue weighted by molar-refractivity contribution is 9.09. The van der Waals surface area contributed by atoms with Crippen molar-refractivity contribution in [3.05, 3.63) is 0 Å². The number of halogens is 1. The van der Waals surface area contributed by atoms with E-state index in [2.05, 4.69) is 28.2 Å². The summed E-state index contributed by atoms with van der Waals surface area (Å²) in [7, 11) is 0. The molecule has 0 aromatic heterocycles. The minimum atomic E-state index is 0.306. The fourth-order valence-electron chi connectivity index (χ4n) is 3.85. The third-order valence-corrected chi connectivity index (χ3v) is 5.45. The minimum absolute atomic E-state index is 0.306. The zero-order valence-corrected chi connectivity index (χ0v) is 13.8. The summed E-state index contributed by atoms with van der Waals surface area (Å²) in [4.78, 5) is 12.8. The monoisotopic (exact) mass is 329 g/mol. The third kappa shape index (κ3) is 4.77. The van der Waals surface area contributed by atoms with Crippen LogP contribution in [0.4, 0.5) is 0 Å². The van der Waals surface area contributed by atoms with Crippen LogP contribution in [0.2, 0.25) is 0 Å². The van der Waals surface area contributed by atoms with Gasteiger partial charge in [0.15, 0.2) is 0 Å². The van der Waals surface area contributed by atoms with E-state index in [0.29, 0.717) is 16.7 Å². The number of alkyl halides is 1. The number of carbonyl (C=O) groups excluding carboxylic acids is 1. The van der Waals surface area contributed by atoms with Gasteiger partial charge in [0.1, 0.15) is 0 Å². The normalized spacial score (nSPS) is 32.4. The average molecular weight is 330 g/mol. The summed E-state index contributed by atoms with van der Waals surface area (Å²) in [5, 5.41) is 3.14. The summed E-state index contributed by atoms with van der Waals surface area (Å²) < 4.78 is 0. The smallest absolute Gasteiger partial charge is 0.223 e. The highest BCUT2D eigenvalue weighted by Crippen LogP contribution is 2.42. The number of fused-ring (bicyclic) bond motifs is 1. The van der Waals surface area contributed by atoms with Crippen molar-refractivity contribution in [1.82, 2.24) is 5.32 Å². The van der Waals surface area contributed by atoms with E-state index in [-0.39, 0.29) is 0 Å². The van der Waals surface area contributed by atoms with E-state index in [1.807, 2.05) is 0 Å². The second-order valence-corrected chi connectivity index (χ2v) is 8.09. The molecule has 4 atom stereocenters. The molecule has 2 aliphatic rings. The van der Waals surface area contributed by atoms with Crippen molar-refractivity contribution < 1.29 is 4.79 Å². The first kappa shape index (κ1) is 15.3. The number of hydrogen-bond donors (Lipinski definition) is 1. The molecule has 3 heteroatoms. The summed E-state index contributed by atoms with van der Waals surface area (Å²) >= 11 is 3.54. The summed E-state index contributed by atoms with van der Waals surface area (Å²) in [5.41, 5.74) is 0. The number of amides is 1. The van der Waals surface area contributed by atoms with Crippen LogP contribution >= 0.6 is 15.9 Å². The Hall–Kier alpha value is -0.0500. The van der Waals surface area contributed by atoms with E-state index < -0.39 is 0 Å². The summed E-state index contributed by atoms with van der Waals surface area (Å²) in [6, 6.07) is 0. The first-order valence-electron chi connectivity index (χ1n) is 8.08.